The van der Waals surface area contributed by atoms with Crippen molar-refractivity contribution in [3.05, 3.63) is 0 Å². The molecule has 0 atom stereocenters. The fraction of sp³-hybridized carbons (Fsp3) is 0.933. The van der Waals surface area contributed by atoms with Gasteiger partial charge >= 0.3 is 0 Å². The Balaban J connectivity index is 4.78. The summed E-state index contributed by atoms with van der Waals surface area (Å²) < 4.78 is 0. The zero-order valence-corrected chi connectivity index (χ0v) is 12.8. The summed E-state index contributed by atoms with van der Waals surface area (Å²) in [7, 11) is 0. The van der Waals surface area contributed by atoms with Gasteiger partial charge in [0.05, 0.1) is 5.41 Å². The summed E-state index contributed by atoms with van der Waals surface area (Å²) >= 11 is 0. The van der Waals surface area contributed by atoms with Crippen LogP contribution in [0.3, 0.4) is 0 Å². The minimum Gasteiger partial charge on any atom is -0.342 e. The molecule has 0 aromatic heterocycles. The summed E-state index contributed by atoms with van der Waals surface area (Å²) in [4.78, 5) is 14.8. The maximum Gasteiger partial charge on any atom is 0.230 e. The van der Waals surface area contributed by atoms with E-state index in [9.17, 15) is 4.79 Å². The fourth-order valence-corrected chi connectivity index (χ4v) is 2.28. The van der Waals surface area contributed by atoms with Crippen LogP contribution in [0.15, 0.2) is 0 Å². The van der Waals surface area contributed by atoms with Gasteiger partial charge in [0.1, 0.15) is 0 Å². The molecule has 0 heterocycles. The second kappa shape index (κ2) is 9.37. The van der Waals surface area contributed by atoms with E-state index in [1.54, 1.807) is 0 Å². The van der Waals surface area contributed by atoms with Gasteiger partial charge in [-0.3, -0.25) is 4.79 Å². The van der Waals surface area contributed by atoms with Crippen molar-refractivity contribution >= 4 is 5.91 Å². The van der Waals surface area contributed by atoms with Gasteiger partial charge in [0.15, 0.2) is 0 Å². The molecular formula is C15H32N2O. The highest BCUT2D eigenvalue weighted by Crippen LogP contribution is 2.28. The first-order valence-electron chi connectivity index (χ1n) is 7.61. The molecule has 0 radical (unpaired) electrons. The highest BCUT2D eigenvalue weighted by Gasteiger charge is 2.36. The number of unbranched alkanes of at least 4 members (excludes halogenated alkanes) is 2. The van der Waals surface area contributed by atoms with Crippen molar-refractivity contribution in [2.45, 2.75) is 66.2 Å². The largest absolute Gasteiger partial charge is 0.342 e. The number of carbonyl (C=O) groups is 1. The number of hydrogen-bond acceptors (Lipinski definition) is 2. The molecule has 0 aliphatic rings. The summed E-state index contributed by atoms with van der Waals surface area (Å²) in [6, 6.07) is 0. The molecule has 0 saturated carbocycles. The predicted octanol–water partition coefficient (Wildman–Crippen LogP) is 3.18. The maximum atomic E-state index is 12.7. The Labute approximate surface area is 113 Å². The molecule has 3 nitrogen and oxygen atoms in total. The van der Waals surface area contributed by atoms with Crippen molar-refractivity contribution in [2.24, 2.45) is 11.1 Å². The van der Waals surface area contributed by atoms with Gasteiger partial charge < -0.3 is 10.6 Å². The Hall–Kier alpha value is -0.570. The Kier molecular flexibility index (Phi) is 9.08. The van der Waals surface area contributed by atoms with Crippen LogP contribution in [0, 0.1) is 5.41 Å². The van der Waals surface area contributed by atoms with Crippen molar-refractivity contribution in [1.29, 1.82) is 0 Å². The lowest BCUT2D eigenvalue weighted by Crippen LogP contribution is -2.48. The van der Waals surface area contributed by atoms with Gasteiger partial charge in [-0.05, 0) is 25.7 Å². The monoisotopic (exact) mass is 256 g/mol. The minimum atomic E-state index is -0.332. The normalized spacial score (nSPS) is 11.6. The van der Waals surface area contributed by atoms with E-state index in [0.717, 1.165) is 51.6 Å². The maximum absolute atomic E-state index is 12.7. The number of carbonyl (C=O) groups excluding carboxylic acids is 1. The van der Waals surface area contributed by atoms with Gasteiger partial charge in [0, 0.05) is 19.6 Å². The minimum absolute atomic E-state index is 0.275. The van der Waals surface area contributed by atoms with Crippen LogP contribution in [0.5, 0.6) is 0 Å². The van der Waals surface area contributed by atoms with E-state index in [2.05, 4.69) is 27.7 Å². The topological polar surface area (TPSA) is 46.3 Å². The molecular weight excluding hydrogens is 224 g/mol. The molecule has 0 unspecified atom stereocenters. The van der Waals surface area contributed by atoms with Gasteiger partial charge in [0.25, 0.3) is 0 Å². The highest BCUT2D eigenvalue weighted by molar-refractivity contribution is 5.83. The van der Waals surface area contributed by atoms with Gasteiger partial charge in [-0.2, -0.15) is 0 Å². The first-order chi connectivity index (χ1) is 8.61. The number of nitrogens with two attached hydrogens (primary N) is 1. The molecule has 0 aliphatic heterocycles. The van der Waals surface area contributed by atoms with E-state index in [1.165, 1.54) is 0 Å². The number of rotatable bonds is 10. The second-order valence-corrected chi connectivity index (χ2v) is 5.19. The summed E-state index contributed by atoms with van der Waals surface area (Å²) in [5.41, 5.74) is 5.55. The van der Waals surface area contributed by atoms with Crippen LogP contribution < -0.4 is 5.73 Å². The van der Waals surface area contributed by atoms with E-state index >= 15 is 0 Å². The molecule has 0 aliphatic carbocycles. The molecule has 0 rings (SSSR count). The Bertz CT molecular complexity index is 208. The van der Waals surface area contributed by atoms with Crippen LogP contribution >= 0.6 is 0 Å². The molecule has 0 aromatic carbocycles. The standard InChI is InChI=1S/C15H32N2O/c1-5-9-11-17(12-10-6-2)14(18)15(7-3,8-4)13-16/h5-13,16H2,1-4H3. The summed E-state index contributed by atoms with van der Waals surface area (Å²) in [6.07, 6.45) is 6.11. The van der Waals surface area contributed by atoms with E-state index in [4.69, 9.17) is 5.73 Å². The Morgan fingerprint density at radius 3 is 1.72 bits per heavy atom. The Morgan fingerprint density at radius 1 is 1.00 bits per heavy atom. The van der Waals surface area contributed by atoms with E-state index in [1.807, 2.05) is 4.90 Å². The van der Waals surface area contributed by atoms with E-state index in [-0.39, 0.29) is 11.3 Å². The molecule has 0 fully saturated rings. The first-order valence-corrected chi connectivity index (χ1v) is 7.61. The van der Waals surface area contributed by atoms with Gasteiger partial charge in [-0.15, -0.1) is 0 Å². The predicted molar refractivity (Wildman–Crippen MR) is 78.5 cm³/mol. The third kappa shape index (κ3) is 4.60. The van der Waals surface area contributed by atoms with Crippen LogP contribution in [-0.4, -0.2) is 30.4 Å². The molecule has 0 bridgehead atoms. The van der Waals surface area contributed by atoms with Gasteiger partial charge in [0.2, 0.25) is 5.91 Å². The lowest BCUT2D eigenvalue weighted by atomic mass is 9.81. The number of nitrogens with zero attached hydrogens (tertiary/aromatic N) is 1. The zero-order chi connectivity index (χ0) is 14.0. The summed E-state index contributed by atoms with van der Waals surface area (Å²) in [6.45, 7) is 10.7. The van der Waals surface area contributed by atoms with E-state index < -0.39 is 0 Å². The lowest BCUT2D eigenvalue weighted by Gasteiger charge is -2.35. The van der Waals surface area contributed by atoms with Crippen molar-refractivity contribution in [1.82, 2.24) is 4.90 Å². The quantitative estimate of drug-likeness (QED) is 0.652. The molecule has 0 aromatic rings. The zero-order valence-electron chi connectivity index (χ0n) is 12.8. The average Bonchev–Trinajstić information content (AvgIpc) is 2.41. The molecule has 1 amide bonds. The fourth-order valence-electron chi connectivity index (χ4n) is 2.28. The third-order valence-corrected chi connectivity index (χ3v) is 4.05. The SMILES string of the molecule is CCCCN(CCCC)C(=O)C(CC)(CC)CN. The average molecular weight is 256 g/mol. The van der Waals surface area contributed by atoms with Gasteiger partial charge in [-0.25, -0.2) is 0 Å². The lowest BCUT2D eigenvalue weighted by molar-refractivity contribution is -0.142. The highest BCUT2D eigenvalue weighted by atomic mass is 16.2. The van der Waals surface area contributed by atoms with Crippen LogP contribution in [0.25, 0.3) is 0 Å². The molecule has 0 saturated heterocycles. The van der Waals surface area contributed by atoms with Crippen LogP contribution in [0.4, 0.5) is 0 Å². The molecule has 0 spiro atoms. The van der Waals surface area contributed by atoms with Crippen LogP contribution in [0.2, 0.25) is 0 Å². The summed E-state index contributed by atoms with van der Waals surface area (Å²) in [5.74, 6) is 0.275. The van der Waals surface area contributed by atoms with Gasteiger partial charge in [-0.1, -0.05) is 40.5 Å². The number of amides is 1. The molecule has 2 N–H and O–H groups in total. The molecule has 108 valence electrons. The van der Waals surface area contributed by atoms with Crippen molar-refractivity contribution in [2.75, 3.05) is 19.6 Å². The second-order valence-electron chi connectivity index (χ2n) is 5.19. The van der Waals surface area contributed by atoms with Crippen molar-refractivity contribution in [3.8, 4) is 0 Å². The third-order valence-electron chi connectivity index (χ3n) is 4.05. The Morgan fingerprint density at radius 2 is 1.44 bits per heavy atom. The van der Waals surface area contributed by atoms with Crippen LogP contribution in [0.1, 0.15) is 66.2 Å². The first kappa shape index (κ1) is 17.4. The van der Waals surface area contributed by atoms with Crippen LogP contribution in [-0.2, 0) is 4.79 Å². The van der Waals surface area contributed by atoms with Crippen molar-refractivity contribution in [3.63, 3.8) is 0 Å². The van der Waals surface area contributed by atoms with E-state index in [0.29, 0.717) is 6.54 Å². The summed E-state index contributed by atoms with van der Waals surface area (Å²) in [5, 5.41) is 0. The molecule has 3 heteroatoms. The smallest absolute Gasteiger partial charge is 0.230 e. The number of hydrogen-bond donors (Lipinski definition) is 1. The molecule has 18 heavy (non-hydrogen) atoms. The van der Waals surface area contributed by atoms with Crippen molar-refractivity contribution < 1.29 is 4.79 Å².